The third kappa shape index (κ3) is 2.47. The van der Waals surface area contributed by atoms with Crippen LogP contribution in [-0.2, 0) is 17.8 Å². The van der Waals surface area contributed by atoms with Crippen molar-refractivity contribution < 1.29 is 15.0 Å². The van der Waals surface area contributed by atoms with Gasteiger partial charge in [-0.15, -0.1) is 0 Å². The van der Waals surface area contributed by atoms with Crippen molar-refractivity contribution in [3.8, 4) is 0 Å². The SMILES string of the molecule is CC(O)(CN1CCc2cccc(N)c2C1)C(=O)O. The van der Waals surface area contributed by atoms with Crippen molar-refractivity contribution in [1.82, 2.24) is 4.90 Å². The minimum absolute atomic E-state index is 0.107. The molecule has 1 aromatic rings. The van der Waals surface area contributed by atoms with Crippen molar-refractivity contribution in [3.63, 3.8) is 0 Å². The molecule has 98 valence electrons. The van der Waals surface area contributed by atoms with Gasteiger partial charge >= 0.3 is 5.97 Å². The molecule has 0 spiro atoms. The summed E-state index contributed by atoms with van der Waals surface area (Å²) in [6.07, 6.45) is 0.829. The summed E-state index contributed by atoms with van der Waals surface area (Å²) < 4.78 is 0. The lowest BCUT2D eigenvalue weighted by Crippen LogP contribution is -2.48. The van der Waals surface area contributed by atoms with Crippen LogP contribution in [0.5, 0.6) is 0 Å². The Bertz CT molecular complexity index is 471. The van der Waals surface area contributed by atoms with E-state index in [1.54, 1.807) is 0 Å². The largest absolute Gasteiger partial charge is 0.479 e. The molecule has 0 saturated carbocycles. The number of nitrogens with zero attached hydrogens (tertiary/aromatic N) is 1. The van der Waals surface area contributed by atoms with Crippen LogP contribution in [0.1, 0.15) is 18.1 Å². The first kappa shape index (κ1) is 12.9. The zero-order chi connectivity index (χ0) is 13.3. The highest BCUT2D eigenvalue weighted by Gasteiger charge is 2.33. The van der Waals surface area contributed by atoms with Gasteiger partial charge in [0.2, 0.25) is 0 Å². The Morgan fingerprint density at radius 3 is 2.94 bits per heavy atom. The standard InChI is InChI=1S/C13H18N2O3/c1-13(18,12(16)17)8-15-6-5-9-3-2-4-11(14)10(9)7-15/h2-4,18H,5-8,14H2,1H3,(H,16,17). The van der Waals surface area contributed by atoms with E-state index in [9.17, 15) is 9.90 Å². The molecule has 0 aliphatic carbocycles. The highest BCUT2D eigenvalue weighted by atomic mass is 16.4. The predicted molar refractivity (Wildman–Crippen MR) is 68.1 cm³/mol. The number of nitrogens with two attached hydrogens (primary N) is 1. The van der Waals surface area contributed by atoms with Gasteiger partial charge in [0.25, 0.3) is 0 Å². The number of carbonyl (C=O) groups is 1. The van der Waals surface area contributed by atoms with E-state index in [1.165, 1.54) is 12.5 Å². The maximum Gasteiger partial charge on any atom is 0.336 e. The summed E-state index contributed by atoms with van der Waals surface area (Å²) in [4.78, 5) is 12.8. The average molecular weight is 250 g/mol. The Hall–Kier alpha value is -1.59. The molecule has 0 bridgehead atoms. The summed E-state index contributed by atoms with van der Waals surface area (Å²) in [5.74, 6) is -1.20. The van der Waals surface area contributed by atoms with Crippen molar-refractivity contribution in [2.24, 2.45) is 0 Å². The lowest BCUT2D eigenvalue weighted by molar-refractivity contribution is -0.158. The van der Waals surface area contributed by atoms with Gasteiger partial charge in [-0.2, -0.15) is 0 Å². The number of benzene rings is 1. The minimum atomic E-state index is -1.72. The van der Waals surface area contributed by atoms with Crippen LogP contribution < -0.4 is 5.73 Å². The van der Waals surface area contributed by atoms with Gasteiger partial charge in [-0.3, -0.25) is 4.90 Å². The van der Waals surface area contributed by atoms with Gasteiger partial charge in [-0.25, -0.2) is 4.79 Å². The highest BCUT2D eigenvalue weighted by Crippen LogP contribution is 2.25. The predicted octanol–water partition coefficient (Wildman–Crippen LogP) is 0.462. The molecule has 0 aromatic heterocycles. The molecule has 0 fully saturated rings. The lowest BCUT2D eigenvalue weighted by atomic mass is 9.96. The molecule has 1 atom stereocenters. The molecule has 1 unspecified atom stereocenters. The minimum Gasteiger partial charge on any atom is -0.479 e. The summed E-state index contributed by atoms with van der Waals surface area (Å²) in [6.45, 7) is 2.75. The quantitative estimate of drug-likeness (QED) is 0.679. The van der Waals surface area contributed by atoms with Crippen LogP contribution in [0, 0.1) is 0 Å². The van der Waals surface area contributed by atoms with E-state index < -0.39 is 11.6 Å². The van der Waals surface area contributed by atoms with Crippen LogP contribution in [0.3, 0.4) is 0 Å². The number of hydrogen-bond acceptors (Lipinski definition) is 4. The Labute approximate surface area is 106 Å². The number of fused-ring (bicyclic) bond motifs is 1. The third-order valence-electron chi connectivity index (χ3n) is 3.38. The number of aliphatic hydroxyl groups is 1. The summed E-state index contributed by atoms with van der Waals surface area (Å²) >= 11 is 0. The van der Waals surface area contributed by atoms with Crippen molar-refractivity contribution in [2.75, 3.05) is 18.8 Å². The monoisotopic (exact) mass is 250 g/mol. The van der Waals surface area contributed by atoms with Crippen LogP contribution in [-0.4, -0.2) is 39.8 Å². The van der Waals surface area contributed by atoms with E-state index in [1.807, 2.05) is 23.1 Å². The summed E-state index contributed by atoms with van der Waals surface area (Å²) in [7, 11) is 0. The van der Waals surface area contributed by atoms with Crippen molar-refractivity contribution in [2.45, 2.75) is 25.5 Å². The van der Waals surface area contributed by atoms with E-state index in [4.69, 9.17) is 10.8 Å². The second-order valence-corrected chi connectivity index (χ2v) is 5.02. The maximum absolute atomic E-state index is 10.9. The molecule has 0 amide bonds. The Balaban J connectivity index is 2.13. The van der Waals surface area contributed by atoms with Gasteiger partial charge in [-0.1, -0.05) is 12.1 Å². The molecule has 0 saturated heterocycles. The number of β-amino-alcohol motifs (C(OH)–C–C–N with tert-alkyl or cyclic N) is 1. The molecular weight excluding hydrogens is 232 g/mol. The molecule has 1 aromatic carbocycles. The lowest BCUT2D eigenvalue weighted by Gasteiger charge is -2.33. The van der Waals surface area contributed by atoms with Gasteiger partial charge in [0.05, 0.1) is 0 Å². The van der Waals surface area contributed by atoms with Crippen molar-refractivity contribution in [1.29, 1.82) is 0 Å². The Kier molecular flexibility index (Phi) is 3.28. The average Bonchev–Trinajstić information content (AvgIpc) is 2.29. The number of carboxylic acids is 1. The van der Waals surface area contributed by atoms with E-state index in [-0.39, 0.29) is 6.54 Å². The number of nitrogen functional groups attached to an aromatic ring is 1. The number of aliphatic carboxylic acids is 1. The summed E-state index contributed by atoms with van der Waals surface area (Å²) in [5.41, 5.74) is 7.19. The molecule has 18 heavy (non-hydrogen) atoms. The van der Waals surface area contributed by atoms with Gasteiger partial charge in [0, 0.05) is 25.3 Å². The summed E-state index contributed by atoms with van der Waals surface area (Å²) in [6, 6.07) is 5.81. The highest BCUT2D eigenvalue weighted by molar-refractivity contribution is 5.76. The van der Waals surface area contributed by atoms with Gasteiger partial charge < -0.3 is 15.9 Å². The Morgan fingerprint density at radius 1 is 1.56 bits per heavy atom. The zero-order valence-corrected chi connectivity index (χ0v) is 10.4. The molecule has 5 nitrogen and oxygen atoms in total. The van der Waals surface area contributed by atoms with Crippen LogP contribution in [0.15, 0.2) is 18.2 Å². The van der Waals surface area contributed by atoms with E-state index in [2.05, 4.69) is 0 Å². The Morgan fingerprint density at radius 2 is 2.28 bits per heavy atom. The van der Waals surface area contributed by atoms with E-state index in [0.29, 0.717) is 6.54 Å². The second kappa shape index (κ2) is 4.59. The first-order chi connectivity index (χ1) is 8.40. The molecule has 4 N–H and O–H groups in total. The molecule has 1 aliphatic rings. The third-order valence-corrected chi connectivity index (χ3v) is 3.38. The fourth-order valence-electron chi connectivity index (χ4n) is 2.30. The number of hydrogen-bond donors (Lipinski definition) is 3. The second-order valence-electron chi connectivity index (χ2n) is 5.02. The zero-order valence-electron chi connectivity index (χ0n) is 10.4. The molecule has 5 heteroatoms. The molecule has 2 rings (SSSR count). The van der Waals surface area contributed by atoms with Gasteiger partial charge in [0.1, 0.15) is 0 Å². The maximum atomic E-state index is 10.9. The number of rotatable bonds is 3. The van der Waals surface area contributed by atoms with Gasteiger partial charge in [-0.05, 0) is 30.5 Å². The van der Waals surface area contributed by atoms with Crippen LogP contribution >= 0.6 is 0 Å². The van der Waals surface area contributed by atoms with Gasteiger partial charge in [0.15, 0.2) is 5.60 Å². The van der Waals surface area contributed by atoms with Crippen LogP contribution in [0.4, 0.5) is 5.69 Å². The molecule has 0 radical (unpaired) electrons. The number of anilines is 1. The molecule has 1 aliphatic heterocycles. The van der Waals surface area contributed by atoms with E-state index in [0.717, 1.165) is 24.2 Å². The number of carboxylic acid groups (broad SMARTS) is 1. The van der Waals surface area contributed by atoms with E-state index >= 15 is 0 Å². The fourth-order valence-corrected chi connectivity index (χ4v) is 2.30. The first-order valence-corrected chi connectivity index (χ1v) is 5.94. The normalized spacial score (nSPS) is 19.0. The molecular formula is C13H18N2O3. The van der Waals surface area contributed by atoms with Crippen LogP contribution in [0.2, 0.25) is 0 Å². The van der Waals surface area contributed by atoms with Crippen LogP contribution in [0.25, 0.3) is 0 Å². The van der Waals surface area contributed by atoms with Crippen molar-refractivity contribution in [3.05, 3.63) is 29.3 Å². The topological polar surface area (TPSA) is 86.8 Å². The van der Waals surface area contributed by atoms with Crippen molar-refractivity contribution >= 4 is 11.7 Å². The summed E-state index contributed by atoms with van der Waals surface area (Å²) in [5, 5.41) is 18.7. The molecule has 1 heterocycles. The fraction of sp³-hybridized carbons (Fsp3) is 0.462. The first-order valence-electron chi connectivity index (χ1n) is 5.94. The smallest absolute Gasteiger partial charge is 0.336 e.